The molecule has 0 aliphatic carbocycles. The Hall–Kier alpha value is -2.95. The molecule has 0 bridgehead atoms. The van der Waals surface area contributed by atoms with Gasteiger partial charge in [0.2, 0.25) is 11.9 Å². The van der Waals surface area contributed by atoms with E-state index in [-0.39, 0.29) is 6.42 Å². The van der Waals surface area contributed by atoms with E-state index in [9.17, 15) is 4.79 Å². The van der Waals surface area contributed by atoms with Crippen LogP contribution in [0.2, 0.25) is 0 Å². The van der Waals surface area contributed by atoms with E-state index >= 15 is 0 Å². The lowest BCUT2D eigenvalue weighted by molar-refractivity contribution is -0.119. The van der Waals surface area contributed by atoms with Crippen LogP contribution in [-0.2, 0) is 4.79 Å². The molecule has 0 radical (unpaired) electrons. The number of hydrogen-bond acceptors (Lipinski definition) is 6. The summed E-state index contributed by atoms with van der Waals surface area (Å²) in [6, 6.07) is 3.26. The fourth-order valence-electron chi connectivity index (χ4n) is 2.01. The normalized spacial score (nSPS) is 11.7. The molecule has 0 aliphatic rings. The predicted molar refractivity (Wildman–Crippen MR) is 80.1 cm³/mol. The van der Waals surface area contributed by atoms with Crippen LogP contribution in [0.1, 0.15) is 19.0 Å². The number of anilines is 1. The van der Waals surface area contributed by atoms with Crippen LogP contribution >= 0.6 is 0 Å². The molecule has 2 rings (SSSR count). The molecular weight excluding hydrogens is 282 g/mol. The number of nitriles is 1. The minimum absolute atomic E-state index is 0.265. The van der Waals surface area contributed by atoms with E-state index in [2.05, 4.69) is 21.0 Å². The van der Waals surface area contributed by atoms with E-state index in [1.807, 2.05) is 6.92 Å². The van der Waals surface area contributed by atoms with E-state index in [0.717, 1.165) is 5.69 Å². The van der Waals surface area contributed by atoms with Crippen molar-refractivity contribution in [2.45, 2.75) is 26.3 Å². The molecule has 0 aliphatic heterocycles. The van der Waals surface area contributed by atoms with E-state index in [0.29, 0.717) is 18.3 Å². The van der Waals surface area contributed by atoms with E-state index in [1.165, 1.54) is 0 Å². The Labute approximate surface area is 128 Å². The Morgan fingerprint density at radius 2 is 2.32 bits per heavy atom. The number of aromatic nitrogens is 4. The third-order valence-corrected chi connectivity index (χ3v) is 3.20. The highest BCUT2D eigenvalue weighted by Crippen LogP contribution is 2.17. The molecule has 2 N–H and O–H groups in total. The van der Waals surface area contributed by atoms with Gasteiger partial charge in [-0.25, -0.2) is 9.97 Å². The van der Waals surface area contributed by atoms with Crippen LogP contribution in [0.4, 0.5) is 5.82 Å². The predicted octanol–water partition coefficient (Wildman–Crippen LogP) is 0.565. The van der Waals surface area contributed by atoms with Crippen molar-refractivity contribution in [1.29, 1.82) is 5.26 Å². The summed E-state index contributed by atoms with van der Waals surface area (Å²) in [5, 5.41) is 8.80. The molecule has 1 atom stereocenters. The summed E-state index contributed by atoms with van der Waals surface area (Å²) >= 11 is 0. The number of nitrogens with two attached hydrogens (primary N) is 1. The zero-order valence-electron chi connectivity index (χ0n) is 12.5. The summed E-state index contributed by atoms with van der Waals surface area (Å²) in [7, 11) is 0. The lowest BCUT2D eigenvalue weighted by atomic mass is 10.2. The van der Waals surface area contributed by atoms with Gasteiger partial charge in [0.1, 0.15) is 18.2 Å². The second-order valence-corrected chi connectivity index (χ2v) is 4.82. The Kier molecular flexibility index (Phi) is 4.68. The quantitative estimate of drug-likeness (QED) is 0.833. The monoisotopic (exact) mass is 299 g/mol. The number of carbonyl (C=O) groups is 1. The van der Waals surface area contributed by atoms with Crippen molar-refractivity contribution in [1.82, 2.24) is 19.5 Å². The van der Waals surface area contributed by atoms with Crippen molar-refractivity contribution in [3.8, 4) is 12.0 Å². The van der Waals surface area contributed by atoms with Crippen molar-refractivity contribution in [3.05, 3.63) is 30.5 Å². The lowest BCUT2D eigenvalue weighted by Crippen LogP contribution is -2.44. The molecule has 0 saturated carbocycles. The molecule has 2 aromatic heterocycles. The Bertz CT molecular complexity index is 690. The SMILES string of the molecule is Cc1cc(N(CCC#N)C(C)C(N)=O)nc(-n2ccnc2)n1. The number of carbonyl (C=O) groups excluding carboxylic acids is 1. The summed E-state index contributed by atoms with van der Waals surface area (Å²) in [4.78, 5) is 26.0. The van der Waals surface area contributed by atoms with Crippen molar-refractivity contribution < 1.29 is 4.79 Å². The molecule has 2 aromatic rings. The molecule has 1 unspecified atom stereocenters. The van der Waals surface area contributed by atoms with Crippen LogP contribution in [-0.4, -0.2) is 38.0 Å². The van der Waals surface area contributed by atoms with Gasteiger partial charge in [0.25, 0.3) is 0 Å². The van der Waals surface area contributed by atoms with Crippen molar-refractivity contribution in [3.63, 3.8) is 0 Å². The molecular formula is C14H17N7O. The Morgan fingerprint density at radius 1 is 1.55 bits per heavy atom. The molecule has 114 valence electrons. The zero-order valence-corrected chi connectivity index (χ0v) is 12.5. The first-order valence-electron chi connectivity index (χ1n) is 6.80. The van der Waals surface area contributed by atoms with Crippen molar-refractivity contribution >= 4 is 11.7 Å². The molecule has 22 heavy (non-hydrogen) atoms. The third kappa shape index (κ3) is 3.38. The van der Waals surface area contributed by atoms with Crippen molar-refractivity contribution in [2.75, 3.05) is 11.4 Å². The summed E-state index contributed by atoms with van der Waals surface area (Å²) in [5.74, 6) is 0.530. The Morgan fingerprint density at radius 3 is 2.91 bits per heavy atom. The molecule has 0 spiro atoms. The van der Waals surface area contributed by atoms with Crippen LogP contribution in [0.3, 0.4) is 0 Å². The van der Waals surface area contributed by atoms with Gasteiger partial charge in [0, 0.05) is 30.7 Å². The average Bonchev–Trinajstić information content (AvgIpc) is 3.01. The fraction of sp³-hybridized carbons (Fsp3) is 0.357. The van der Waals surface area contributed by atoms with E-state index in [4.69, 9.17) is 11.0 Å². The zero-order chi connectivity index (χ0) is 16.1. The highest BCUT2D eigenvalue weighted by Gasteiger charge is 2.21. The minimum Gasteiger partial charge on any atom is -0.368 e. The van der Waals surface area contributed by atoms with Gasteiger partial charge in [-0.1, -0.05) is 0 Å². The molecule has 2 heterocycles. The van der Waals surface area contributed by atoms with Crippen LogP contribution in [0.15, 0.2) is 24.8 Å². The first-order chi connectivity index (χ1) is 10.5. The highest BCUT2D eigenvalue weighted by atomic mass is 16.1. The number of nitrogens with zero attached hydrogens (tertiary/aromatic N) is 6. The highest BCUT2D eigenvalue weighted by molar-refractivity contribution is 5.82. The smallest absolute Gasteiger partial charge is 0.239 e. The molecule has 1 amide bonds. The maximum absolute atomic E-state index is 11.5. The number of aryl methyl sites for hydroxylation is 1. The van der Waals surface area contributed by atoms with Gasteiger partial charge in [-0.2, -0.15) is 10.2 Å². The lowest BCUT2D eigenvalue weighted by Gasteiger charge is -2.27. The van der Waals surface area contributed by atoms with Gasteiger partial charge in [-0.3, -0.25) is 9.36 Å². The first-order valence-corrected chi connectivity index (χ1v) is 6.80. The number of primary amides is 1. The van der Waals surface area contributed by atoms with Gasteiger partial charge >= 0.3 is 0 Å². The van der Waals surface area contributed by atoms with Gasteiger partial charge in [-0.15, -0.1) is 0 Å². The Balaban J connectivity index is 2.42. The average molecular weight is 299 g/mol. The van der Waals surface area contributed by atoms with E-state index in [1.54, 1.807) is 41.2 Å². The standard InChI is InChI=1S/C14H17N7O/c1-10-8-12(19-14(18-10)20-7-5-17-9-20)21(6-3-4-15)11(2)13(16)22/h5,7-9,11H,3,6H2,1-2H3,(H2,16,22). The van der Waals surface area contributed by atoms with Gasteiger partial charge < -0.3 is 10.6 Å². The van der Waals surface area contributed by atoms with Gasteiger partial charge in [0.05, 0.1) is 12.5 Å². The molecule has 0 saturated heterocycles. The number of imidazole rings is 1. The summed E-state index contributed by atoms with van der Waals surface area (Å²) in [6.07, 6.45) is 5.22. The van der Waals surface area contributed by atoms with Gasteiger partial charge in [0.15, 0.2) is 0 Å². The maximum atomic E-state index is 11.5. The summed E-state index contributed by atoms with van der Waals surface area (Å²) in [5.41, 5.74) is 6.14. The van der Waals surface area contributed by atoms with Crippen LogP contribution in [0.5, 0.6) is 0 Å². The third-order valence-electron chi connectivity index (χ3n) is 3.20. The number of hydrogen-bond donors (Lipinski definition) is 1. The second-order valence-electron chi connectivity index (χ2n) is 4.82. The first kappa shape index (κ1) is 15.4. The summed E-state index contributed by atoms with van der Waals surface area (Å²) < 4.78 is 1.67. The van der Waals surface area contributed by atoms with Crippen LogP contribution < -0.4 is 10.6 Å². The fourth-order valence-corrected chi connectivity index (χ4v) is 2.01. The molecule has 0 fully saturated rings. The molecule has 8 heteroatoms. The number of rotatable bonds is 6. The van der Waals surface area contributed by atoms with Crippen LogP contribution in [0, 0.1) is 18.3 Å². The minimum atomic E-state index is -0.571. The molecule has 8 nitrogen and oxygen atoms in total. The largest absolute Gasteiger partial charge is 0.368 e. The van der Waals surface area contributed by atoms with E-state index < -0.39 is 11.9 Å². The van der Waals surface area contributed by atoms with Gasteiger partial charge in [-0.05, 0) is 13.8 Å². The molecule has 0 aromatic carbocycles. The van der Waals surface area contributed by atoms with Crippen LogP contribution in [0.25, 0.3) is 5.95 Å². The number of amides is 1. The maximum Gasteiger partial charge on any atom is 0.239 e. The topological polar surface area (TPSA) is 114 Å². The van der Waals surface area contributed by atoms with Crippen molar-refractivity contribution in [2.24, 2.45) is 5.73 Å². The summed E-state index contributed by atoms with van der Waals surface area (Å²) in [6.45, 7) is 3.89. The second kappa shape index (κ2) is 6.67.